The van der Waals surface area contributed by atoms with Gasteiger partial charge in [-0.25, -0.2) is 4.98 Å². The maximum Gasteiger partial charge on any atom is 0.168 e. The van der Waals surface area contributed by atoms with Gasteiger partial charge < -0.3 is 14.4 Å². The molecule has 0 atom stereocenters. The Morgan fingerprint density at radius 3 is 2.95 bits per heavy atom. The summed E-state index contributed by atoms with van der Waals surface area (Å²) in [5.74, 6) is 0.814. The summed E-state index contributed by atoms with van der Waals surface area (Å²) in [7, 11) is 1.99. The van der Waals surface area contributed by atoms with Gasteiger partial charge in [0, 0.05) is 23.2 Å². The molecule has 0 unspecified atom stereocenters. The molecule has 4 nitrogen and oxygen atoms in total. The Balaban J connectivity index is 1.83. The van der Waals surface area contributed by atoms with Gasteiger partial charge >= 0.3 is 0 Å². The molecule has 0 bridgehead atoms. The van der Waals surface area contributed by atoms with Crippen LogP contribution in [0.5, 0.6) is 0 Å². The van der Waals surface area contributed by atoms with E-state index in [1.54, 1.807) is 11.8 Å². The molecular formula is C13H15ClN2O2S. The van der Waals surface area contributed by atoms with Crippen molar-refractivity contribution in [2.45, 2.75) is 5.16 Å². The summed E-state index contributed by atoms with van der Waals surface area (Å²) in [5, 5.41) is 11.1. The van der Waals surface area contributed by atoms with E-state index in [9.17, 15) is 5.11 Å². The highest BCUT2D eigenvalue weighted by molar-refractivity contribution is 7.99. The van der Waals surface area contributed by atoms with Gasteiger partial charge in [0.2, 0.25) is 0 Å². The number of benzene rings is 1. The van der Waals surface area contributed by atoms with Crippen LogP contribution in [0.4, 0.5) is 0 Å². The molecule has 2 aromatic rings. The van der Waals surface area contributed by atoms with Crippen LogP contribution in [0.25, 0.3) is 11.0 Å². The first kappa shape index (κ1) is 13.2. The van der Waals surface area contributed by atoms with Crippen LogP contribution in [0, 0.1) is 5.41 Å². The van der Waals surface area contributed by atoms with E-state index >= 15 is 0 Å². The second-order valence-electron chi connectivity index (χ2n) is 5.03. The molecule has 1 fully saturated rings. The normalized spacial score (nSPS) is 17.6. The SMILES string of the molecule is Cn1c(SCC2(CO)COC2)nc2cc(Cl)ccc21. The molecular weight excluding hydrogens is 284 g/mol. The number of fused-ring (bicyclic) bond motifs is 1. The van der Waals surface area contributed by atoms with Crippen molar-refractivity contribution >= 4 is 34.4 Å². The van der Waals surface area contributed by atoms with E-state index in [-0.39, 0.29) is 12.0 Å². The average Bonchev–Trinajstić information content (AvgIpc) is 2.65. The minimum atomic E-state index is -0.0968. The van der Waals surface area contributed by atoms with Crippen LogP contribution in [0.2, 0.25) is 5.02 Å². The van der Waals surface area contributed by atoms with E-state index in [0.29, 0.717) is 18.2 Å². The van der Waals surface area contributed by atoms with Crippen LogP contribution in [0.3, 0.4) is 0 Å². The number of aryl methyl sites for hydroxylation is 1. The molecule has 2 heterocycles. The molecule has 1 N–H and O–H groups in total. The first-order chi connectivity index (χ1) is 9.13. The second-order valence-corrected chi connectivity index (χ2v) is 6.40. The molecule has 0 spiro atoms. The van der Waals surface area contributed by atoms with E-state index in [4.69, 9.17) is 16.3 Å². The summed E-state index contributed by atoms with van der Waals surface area (Å²) in [5.41, 5.74) is 1.87. The summed E-state index contributed by atoms with van der Waals surface area (Å²) >= 11 is 7.63. The number of imidazole rings is 1. The van der Waals surface area contributed by atoms with Crippen LogP contribution in [0.15, 0.2) is 23.4 Å². The summed E-state index contributed by atoms with van der Waals surface area (Å²) in [6.45, 7) is 1.42. The van der Waals surface area contributed by atoms with Gasteiger partial charge in [0.15, 0.2) is 5.16 Å². The minimum absolute atomic E-state index is 0.0968. The van der Waals surface area contributed by atoms with Crippen LogP contribution in [-0.2, 0) is 11.8 Å². The van der Waals surface area contributed by atoms with Crippen LogP contribution < -0.4 is 0 Å². The fourth-order valence-electron chi connectivity index (χ4n) is 2.11. The van der Waals surface area contributed by atoms with Gasteiger partial charge in [-0.2, -0.15) is 0 Å². The van der Waals surface area contributed by atoms with Gasteiger partial charge in [-0.05, 0) is 18.2 Å². The molecule has 1 aromatic carbocycles. The average molecular weight is 299 g/mol. The Morgan fingerprint density at radius 1 is 1.53 bits per heavy atom. The van der Waals surface area contributed by atoms with Crippen molar-refractivity contribution in [1.82, 2.24) is 9.55 Å². The number of hydrogen-bond acceptors (Lipinski definition) is 4. The molecule has 6 heteroatoms. The molecule has 1 aliphatic rings. The smallest absolute Gasteiger partial charge is 0.168 e. The number of aliphatic hydroxyl groups is 1. The Hall–Kier alpha value is -0.750. The fraction of sp³-hybridized carbons (Fsp3) is 0.462. The van der Waals surface area contributed by atoms with Crippen molar-refractivity contribution in [2.24, 2.45) is 12.5 Å². The van der Waals surface area contributed by atoms with Crippen LogP contribution >= 0.6 is 23.4 Å². The highest BCUT2D eigenvalue weighted by Crippen LogP contribution is 2.34. The molecule has 19 heavy (non-hydrogen) atoms. The number of thioether (sulfide) groups is 1. The number of nitrogens with zero attached hydrogens (tertiary/aromatic N) is 2. The maximum absolute atomic E-state index is 9.42. The van der Waals surface area contributed by atoms with Gasteiger partial charge in [0.1, 0.15) is 0 Å². The number of aliphatic hydroxyl groups excluding tert-OH is 1. The van der Waals surface area contributed by atoms with E-state index in [1.165, 1.54) is 0 Å². The largest absolute Gasteiger partial charge is 0.396 e. The van der Waals surface area contributed by atoms with Crippen molar-refractivity contribution in [2.75, 3.05) is 25.6 Å². The zero-order valence-electron chi connectivity index (χ0n) is 10.6. The fourth-order valence-corrected chi connectivity index (χ4v) is 3.42. The lowest BCUT2D eigenvalue weighted by Gasteiger charge is -2.39. The number of hydrogen-bond donors (Lipinski definition) is 1. The molecule has 0 radical (unpaired) electrons. The number of aromatic nitrogens is 2. The van der Waals surface area contributed by atoms with Gasteiger partial charge in [-0.1, -0.05) is 23.4 Å². The van der Waals surface area contributed by atoms with E-state index < -0.39 is 0 Å². The molecule has 1 aliphatic heterocycles. The van der Waals surface area contributed by atoms with Crippen molar-refractivity contribution in [1.29, 1.82) is 0 Å². The third kappa shape index (κ3) is 2.36. The molecule has 0 amide bonds. The van der Waals surface area contributed by atoms with Crippen LogP contribution in [0.1, 0.15) is 0 Å². The second kappa shape index (κ2) is 4.98. The Bertz CT molecular complexity index is 604. The van der Waals surface area contributed by atoms with Gasteiger partial charge in [-0.3, -0.25) is 0 Å². The third-order valence-corrected chi connectivity index (χ3v) is 5.08. The van der Waals surface area contributed by atoms with Gasteiger partial charge in [0.25, 0.3) is 0 Å². The summed E-state index contributed by atoms with van der Waals surface area (Å²) in [6, 6.07) is 5.72. The Labute approximate surface area is 120 Å². The minimum Gasteiger partial charge on any atom is -0.396 e. The predicted molar refractivity (Wildman–Crippen MR) is 76.8 cm³/mol. The molecule has 1 aromatic heterocycles. The predicted octanol–water partition coefficient (Wildman–Crippen LogP) is 2.33. The number of rotatable bonds is 4. The van der Waals surface area contributed by atoms with Crippen molar-refractivity contribution < 1.29 is 9.84 Å². The molecule has 1 saturated heterocycles. The maximum atomic E-state index is 9.42. The zero-order valence-corrected chi connectivity index (χ0v) is 12.2. The lowest BCUT2D eigenvalue weighted by molar-refractivity contribution is -0.121. The summed E-state index contributed by atoms with van der Waals surface area (Å²) in [4.78, 5) is 4.59. The van der Waals surface area contributed by atoms with Crippen molar-refractivity contribution in [3.63, 3.8) is 0 Å². The van der Waals surface area contributed by atoms with Crippen molar-refractivity contribution in [3.8, 4) is 0 Å². The number of halogens is 1. The number of ether oxygens (including phenoxy) is 1. The van der Waals surface area contributed by atoms with Crippen LogP contribution in [-0.4, -0.2) is 40.2 Å². The van der Waals surface area contributed by atoms with Gasteiger partial charge in [-0.15, -0.1) is 0 Å². The first-order valence-electron chi connectivity index (χ1n) is 6.07. The summed E-state index contributed by atoms with van der Waals surface area (Å²) < 4.78 is 7.26. The quantitative estimate of drug-likeness (QED) is 0.880. The molecule has 0 aliphatic carbocycles. The standard InChI is InChI=1S/C13H15ClN2O2S/c1-16-11-3-2-9(14)4-10(11)15-12(16)19-8-13(5-17)6-18-7-13/h2-4,17H,5-8H2,1H3. The monoisotopic (exact) mass is 298 g/mol. The topological polar surface area (TPSA) is 47.3 Å². The first-order valence-corrected chi connectivity index (χ1v) is 7.43. The Kier molecular flexibility index (Phi) is 3.47. The lowest BCUT2D eigenvalue weighted by atomic mass is 9.90. The van der Waals surface area contributed by atoms with E-state index in [0.717, 1.165) is 21.9 Å². The molecule has 0 saturated carbocycles. The highest BCUT2D eigenvalue weighted by Gasteiger charge is 2.38. The third-order valence-electron chi connectivity index (χ3n) is 3.46. The Morgan fingerprint density at radius 2 is 2.32 bits per heavy atom. The van der Waals surface area contributed by atoms with Gasteiger partial charge in [0.05, 0.1) is 30.9 Å². The molecule has 102 valence electrons. The zero-order chi connectivity index (χ0) is 13.5. The summed E-state index contributed by atoms with van der Waals surface area (Å²) in [6.07, 6.45) is 0. The van der Waals surface area contributed by atoms with E-state index in [1.807, 2.05) is 25.2 Å². The lowest BCUT2D eigenvalue weighted by Crippen LogP contribution is -2.47. The highest BCUT2D eigenvalue weighted by atomic mass is 35.5. The van der Waals surface area contributed by atoms with Crippen molar-refractivity contribution in [3.05, 3.63) is 23.2 Å². The molecule has 3 rings (SSSR count). The van der Waals surface area contributed by atoms with E-state index in [2.05, 4.69) is 9.55 Å².